The molecule has 3 rings (SSSR count). The van der Waals surface area contributed by atoms with Gasteiger partial charge in [0.1, 0.15) is 0 Å². The summed E-state index contributed by atoms with van der Waals surface area (Å²) in [7, 11) is 0. The van der Waals surface area contributed by atoms with Gasteiger partial charge in [0.15, 0.2) is 11.4 Å². The van der Waals surface area contributed by atoms with Crippen molar-refractivity contribution >= 4 is 11.7 Å². The van der Waals surface area contributed by atoms with Crippen molar-refractivity contribution in [1.29, 1.82) is 0 Å². The zero-order valence-corrected chi connectivity index (χ0v) is 12.6. The zero-order chi connectivity index (χ0) is 16.8. The van der Waals surface area contributed by atoms with Crippen LogP contribution in [0, 0.1) is 5.92 Å². The monoisotopic (exact) mass is 332 g/mol. The lowest BCUT2D eigenvalue weighted by atomic mass is 9.78. The number of aromatic amines is 1. The Kier molecular flexibility index (Phi) is 3.88. The number of carbonyl (C=O) groups excluding carboxylic acids is 1. The van der Waals surface area contributed by atoms with Crippen molar-refractivity contribution in [2.75, 3.05) is 18.4 Å². The van der Waals surface area contributed by atoms with Crippen LogP contribution < -0.4 is 10.6 Å². The fraction of sp³-hybridized carbons (Fsp3) is 0.714. The Morgan fingerprint density at radius 1 is 1.43 bits per heavy atom. The molecule has 4 N–H and O–H groups in total. The maximum atomic E-state index is 13.5. The number of hydrogen-bond acceptors (Lipinski definition) is 4. The lowest BCUT2D eigenvalue weighted by Gasteiger charge is -2.35. The Balaban J connectivity index is 2.03. The van der Waals surface area contributed by atoms with Gasteiger partial charge in [-0.15, -0.1) is 0 Å². The van der Waals surface area contributed by atoms with Gasteiger partial charge < -0.3 is 15.7 Å². The molecule has 128 valence electrons. The Bertz CT molecular complexity index is 610. The highest BCUT2D eigenvalue weighted by atomic mass is 19.4. The van der Waals surface area contributed by atoms with Gasteiger partial charge in [0.25, 0.3) is 0 Å². The summed E-state index contributed by atoms with van der Waals surface area (Å²) in [6, 6.07) is 0. The maximum absolute atomic E-state index is 13.5. The van der Waals surface area contributed by atoms with Crippen LogP contribution >= 0.6 is 0 Å². The number of nitrogens with one attached hydrogen (secondary N) is 3. The van der Waals surface area contributed by atoms with Gasteiger partial charge in [-0.05, 0) is 31.8 Å². The molecule has 1 fully saturated rings. The van der Waals surface area contributed by atoms with Crippen LogP contribution in [-0.4, -0.2) is 40.5 Å². The Labute approximate surface area is 130 Å². The number of fused-ring (bicyclic) bond motifs is 1. The molecule has 1 unspecified atom stereocenters. The lowest BCUT2D eigenvalue weighted by Crippen LogP contribution is -2.48. The molecule has 1 aromatic rings. The van der Waals surface area contributed by atoms with Crippen LogP contribution in [0.5, 0.6) is 0 Å². The molecule has 0 aromatic carbocycles. The normalized spacial score (nSPS) is 29.8. The number of halogens is 3. The topological polar surface area (TPSA) is 90.0 Å². The van der Waals surface area contributed by atoms with E-state index in [0.29, 0.717) is 6.54 Å². The summed E-state index contributed by atoms with van der Waals surface area (Å²) in [5.41, 5.74) is -3.31. The Morgan fingerprint density at radius 3 is 2.78 bits per heavy atom. The van der Waals surface area contributed by atoms with Crippen LogP contribution in [0.2, 0.25) is 0 Å². The minimum Gasteiger partial charge on any atom is -0.376 e. The van der Waals surface area contributed by atoms with Crippen LogP contribution in [0.4, 0.5) is 19.0 Å². The number of H-pyrrole nitrogens is 1. The van der Waals surface area contributed by atoms with E-state index in [4.69, 9.17) is 0 Å². The second-order valence-electron chi connectivity index (χ2n) is 6.34. The first-order valence-corrected chi connectivity index (χ1v) is 7.62. The zero-order valence-electron chi connectivity index (χ0n) is 12.6. The average molecular weight is 332 g/mol. The summed E-state index contributed by atoms with van der Waals surface area (Å²) in [4.78, 5) is 11.5. The van der Waals surface area contributed by atoms with Crippen LogP contribution in [-0.2, 0) is 10.4 Å². The summed E-state index contributed by atoms with van der Waals surface area (Å²) >= 11 is 0. The second-order valence-corrected chi connectivity index (χ2v) is 6.34. The molecule has 3 heterocycles. The van der Waals surface area contributed by atoms with E-state index in [1.807, 2.05) is 6.92 Å². The number of aromatic nitrogens is 2. The van der Waals surface area contributed by atoms with E-state index in [1.165, 1.54) is 0 Å². The van der Waals surface area contributed by atoms with Crippen molar-refractivity contribution in [1.82, 2.24) is 15.5 Å². The molecule has 23 heavy (non-hydrogen) atoms. The van der Waals surface area contributed by atoms with Gasteiger partial charge in [-0.3, -0.25) is 9.89 Å². The number of alkyl halides is 3. The molecule has 9 heteroatoms. The van der Waals surface area contributed by atoms with E-state index in [1.54, 1.807) is 0 Å². The largest absolute Gasteiger partial charge is 0.422 e. The van der Waals surface area contributed by atoms with Crippen molar-refractivity contribution in [3.8, 4) is 0 Å². The molecular formula is C14H19F3N4O2. The first kappa shape index (κ1) is 16.3. The van der Waals surface area contributed by atoms with E-state index >= 15 is 0 Å². The molecule has 1 saturated heterocycles. The van der Waals surface area contributed by atoms with Crippen LogP contribution in [0.1, 0.15) is 43.4 Å². The van der Waals surface area contributed by atoms with Crippen molar-refractivity contribution in [3.05, 3.63) is 11.3 Å². The Morgan fingerprint density at radius 2 is 2.17 bits per heavy atom. The quantitative estimate of drug-likeness (QED) is 0.662. The fourth-order valence-corrected chi connectivity index (χ4v) is 3.47. The van der Waals surface area contributed by atoms with Gasteiger partial charge >= 0.3 is 6.18 Å². The minimum absolute atomic E-state index is 0.142. The molecule has 1 aromatic heterocycles. The number of hydrogen-bond donors (Lipinski definition) is 4. The number of aliphatic hydroxyl groups is 1. The van der Waals surface area contributed by atoms with Crippen molar-refractivity contribution in [2.45, 2.75) is 43.9 Å². The SMILES string of the molecule is C[C@H](c1[nH]nc2c1C(O)(C(F)(F)F)CC(=O)N2)[C@@H]1CCCNC1. The van der Waals surface area contributed by atoms with E-state index in [-0.39, 0.29) is 28.9 Å². The third-order valence-electron chi connectivity index (χ3n) is 4.85. The highest BCUT2D eigenvalue weighted by Crippen LogP contribution is 2.49. The summed E-state index contributed by atoms with van der Waals surface area (Å²) in [5.74, 6) is -1.24. The van der Waals surface area contributed by atoms with Gasteiger partial charge in [-0.2, -0.15) is 18.3 Å². The first-order chi connectivity index (χ1) is 10.7. The van der Waals surface area contributed by atoms with Gasteiger partial charge in [0, 0.05) is 11.6 Å². The summed E-state index contributed by atoms with van der Waals surface area (Å²) in [6.07, 6.45) is -4.17. The number of anilines is 1. The maximum Gasteiger partial charge on any atom is 0.422 e. The van der Waals surface area contributed by atoms with E-state index in [0.717, 1.165) is 19.4 Å². The second kappa shape index (κ2) is 5.48. The standard InChI is InChI=1S/C14H19F3N4O2/c1-7(8-3-2-4-18-6-8)11-10-12(21-20-11)19-9(22)5-13(10,23)14(15,16)17/h7-8,18,23H,2-6H2,1H3,(H2,19,20,21,22)/t7-,8+,13?/m0/s1. The highest BCUT2D eigenvalue weighted by Gasteiger charge is 2.61. The molecule has 0 bridgehead atoms. The Hall–Kier alpha value is -1.61. The third kappa shape index (κ3) is 2.61. The number of carbonyl (C=O) groups is 1. The molecule has 0 saturated carbocycles. The van der Waals surface area contributed by atoms with Gasteiger partial charge in [0.05, 0.1) is 12.0 Å². The fourth-order valence-electron chi connectivity index (χ4n) is 3.47. The smallest absolute Gasteiger partial charge is 0.376 e. The van der Waals surface area contributed by atoms with Gasteiger partial charge in [-0.1, -0.05) is 6.92 Å². The molecule has 2 aliphatic rings. The number of piperidine rings is 1. The van der Waals surface area contributed by atoms with Gasteiger partial charge in [-0.25, -0.2) is 0 Å². The highest BCUT2D eigenvalue weighted by molar-refractivity contribution is 5.94. The molecule has 6 nitrogen and oxygen atoms in total. The van der Waals surface area contributed by atoms with Crippen LogP contribution in [0.3, 0.4) is 0 Å². The molecule has 0 spiro atoms. The molecule has 0 aliphatic carbocycles. The van der Waals surface area contributed by atoms with Crippen LogP contribution in [0.15, 0.2) is 0 Å². The predicted molar refractivity (Wildman–Crippen MR) is 75.8 cm³/mol. The van der Waals surface area contributed by atoms with Crippen molar-refractivity contribution in [2.24, 2.45) is 5.92 Å². The van der Waals surface area contributed by atoms with Crippen LogP contribution in [0.25, 0.3) is 0 Å². The molecular weight excluding hydrogens is 313 g/mol. The van der Waals surface area contributed by atoms with E-state index in [2.05, 4.69) is 20.8 Å². The molecule has 1 amide bonds. The molecule has 3 atom stereocenters. The molecule has 2 aliphatic heterocycles. The van der Waals surface area contributed by atoms with Gasteiger partial charge in [0.2, 0.25) is 5.91 Å². The predicted octanol–water partition coefficient (Wildman–Crippen LogP) is 1.60. The number of rotatable bonds is 2. The first-order valence-electron chi connectivity index (χ1n) is 7.62. The third-order valence-corrected chi connectivity index (χ3v) is 4.85. The minimum atomic E-state index is -4.96. The summed E-state index contributed by atoms with van der Waals surface area (Å²) in [5, 5.41) is 22.2. The molecule has 0 radical (unpaired) electrons. The number of amides is 1. The lowest BCUT2D eigenvalue weighted by molar-refractivity contribution is -0.267. The van der Waals surface area contributed by atoms with E-state index in [9.17, 15) is 23.1 Å². The summed E-state index contributed by atoms with van der Waals surface area (Å²) in [6.45, 7) is 3.41. The average Bonchev–Trinajstić information content (AvgIpc) is 2.90. The summed E-state index contributed by atoms with van der Waals surface area (Å²) < 4.78 is 40.4. The van der Waals surface area contributed by atoms with E-state index < -0.39 is 24.1 Å². The van der Waals surface area contributed by atoms with Crippen molar-refractivity contribution in [3.63, 3.8) is 0 Å². The van der Waals surface area contributed by atoms with Crippen molar-refractivity contribution < 1.29 is 23.1 Å². The number of nitrogens with zero attached hydrogens (tertiary/aromatic N) is 1.